The highest BCUT2D eigenvalue weighted by Gasteiger charge is 2.43. The molecule has 0 amide bonds. The highest BCUT2D eigenvalue weighted by atomic mass is 79.9. The molecule has 1 aliphatic carbocycles. The lowest BCUT2D eigenvalue weighted by Crippen LogP contribution is -2.20. The molecular formula is C10H10BrF2N. The molecule has 1 saturated carbocycles. The first-order valence-electron chi connectivity index (χ1n) is 4.44. The summed E-state index contributed by atoms with van der Waals surface area (Å²) in [6, 6.07) is 2.74. The Kier molecular flexibility index (Phi) is 2.35. The van der Waals surface area contributed by atoms with E-state index in [0.29, 0.717) is 12.1 Å². The van der Waals surface area contributed by atoms with Crippen LogP contribution in [-0.2, 0) is 5.41 Å². The average molecular weight is 262 g/mol. The van der Waals surface area contributed by atoms with Gasteiger partial charge in [-0.05, 0) is 46.5 Å². The van der Waals surface area contributed by atoms with Gasteiger partial charge in [0, 0.05) is 12.0 Å². The fraction of sp³-hybridized carbons (Fsp3) is 0.400. The SMILES string of the molecule is NCC1(c2cc(F)c(Br)c(F)c2)CC1. The molecule has 2 N–H and O–H groups in total. The van der Waals surface area contributed by atoms with Gasteiger partial charge in [-0.15, -0.1) is 0 Å². The van der Waals surface area contributed by atoms with Crippen LogP contribution in [0.4, 0.5) is 8.78 Å². The van der Waals surface area contributed by atoms with Gasteiger partial charge in [-0.2, -0.15) is 0 Å². The summed E-state index contributed by atoms with van der Waals surface area (Å²) >= 11 is 2.84. The Morgan fingerprint density at radius 2 is 1.79 bits per heavy atom. The predicted octanol–water partition coefficient (Wildman–Crippen LogP) is 2.72. The van der Waals surface area contributed by atoms with Crippen LogP contribution >= 0.6 is 15.9 Å². The number of hydrogen-bond acceptors (Lipinski definition) is 1. The molecule has 0 saturated heterocycles. The molecule has 1 aliphatic rings. The van der Waals surface area contributed by atoms with Crippen molar-refractivity contribution in [3.63, 3.8) is 0 Å². The van der Waals surface area contributed by atoms with Gasteiger partial charge < -0.3 is 5.73 Å². The zero-order valence-electron chi connectivity index (χ0n) is 7.49. The number of benzene rings is 1. The van der Waals surface area contributed by atoms with E-state index in [9.17, 15) is 8.78 Å². The van der Waals surface area contributed by atoms with E-state index in [4.69, 9.17) is 5.73 Å². The van der Waals surface area contributed by atoms with Gasteiger partial charge in [0.25, 0.3) is 0 Å². The van der Waals surface area contributed by atoms with Crippen molar-refractivity contribution in [2.24, 2.45) is 5.73 Å². The third kappa shape index (κ3) is 1.46. The van der Waals surface area contributed by atoms with E-state index in [-0.39, 0.29) is 9.89 Å². The zero-order chi connectivity index (χ0) is 10.3. The lowest BCUT2D eigenvalue weighted by molar-refractivity contribution is 0.560. The van der Waals surface area contributed by atoms with Crippen LogP contribution in [0.1, 0.15) is 18.4 Å². The summed E-state index contributed by atoms with van der Waals surface area (Å²) in [6.07, 6.45) is 1.84. The summed E-state index contributed by atoms with van der Waals surface area (Å²) in [5, 5.41) is 0. The molecule has 0 bridgehead atoms. The maximum atomic E-state index is 13.2. The van der Waals surface area contributed by atoms with Crippen LogP contribution in [0.15, 0.2) is 16.6 Å². The van der Waals surface area contributed by atoms with E-state index in [1.165, 1.54) is 12.1 Å². The maximum absolute atomic E-state index is 13.2. The third-order valence-electron chi connectivity index (χ3n) is 2.84. The standard InChI is InChI=1S/C10H10BrF2N/c11-9-7(12)3-6(4-8(9)13)10(5-14)1-2-10/h3-4H,1-2,5,14H2. The largest absolute Gasteiger partial charge is 0.330 e. The lowest BCUT2D eigenvalue weighted by Gasteiger charge is -2.13. The van der Waals surface area contributed by atoms with Crippen LogP contribution in [0.25, 0.3) is 0 Å². The van der Waals surface area contributed by atoms with Gasteiger partial charge in [0.15, 0.2) is 0 Å². The van der Waals surface area contributed by atoms with Crippen molar-refractivity contribution in [3.05, 3.63) is 33.8 Å². The van der Waals surface area contributed by atoms with Crippen LogP contribution in [0.5, 0.6) is 0 Å². The minimum atomic E-state index is -0.556. The molecule has 0 aliphatic heterocycles. The minimum Gasteiger partial charge on any atom is -0.330 e. The number of rotatable bonds is 2. The van der Waals surface area contributed by atoms with Gasteiger partial charge in [-0.3, -0.25) is 0 Å². The van der Waals surface area contributed by atoms with Crippen molar-refractivity contribution in [3.8, 4) is 0 Å². The van der Waals surface area contributed by atoms with E-state index < -0.39 is 11.6 Å². The molecular weight excluding hydrogens is 252 g/mol. The molecule has 1 aromatic carbocycles. The van der Waals surface area contributed by atoms with E-state index >= 15 is 0 Å². The molecule has 0 spiro atoms. The zero-order valence-corrected chi connectivity index (χ0v) is 9.07. The smallest absolute Gasteiger partial charge is 0.140 e. The number of nitrogens with two attached hydrogens (primary N) is 1. The fourth-order valence-electron chi connectivity index (χ4n) is 1.62. The van der Waals surface area contributed by atoms with Gasteiger partial charge in [0.2, 0.25) is 0 Å². The van der Waals surface area contributed by atoms with Crippen molar-refractivity contribution < 1.29 is 8.78 Å². The molecule has 0 unspecified atom stereocenters. The highest BCUT2D eigenvalue weighted by Crippen LogP contribution is 2.47. The molecule has 0 heterocycles. The predicted molar refractivity (Wildman–Crippen MR) is 54.0 cm³/mol. The fourth-order valence-corrected chi connectivity index (χ4v) is 1.85. The Labute approximate surface area is 89.4 Å². The van der Waals surface area contributed by atoms with E-state index in [1.807, 2.05) is 0 Å². The summed E-state index contributed by atoms with van der Waals surface area (Å²) < 4.78 is 26.3. The molecule has 1 aromatic rings. The van der Waals surface area contributed by atoms with Crippen molar-refractivity contribution in [1.29, 1.82) is 0 Å². The molecule has 2 rings (SSSR count). The molecule has 14 heavy (non-hydrogen) atoms. The van der Waals surface area contributed by atoms with Crippen LogP contribution in [0.2, 0.25) is 0 Å². The first kappa shape index (κ1) is 10.1. The topological polar surface area (TPSA) is 26.0 Å². The first-order chi connectivity index (χ1) is 6.59. The van der Waals surface area contributed by atoms with Crippen molar-refractivity contribution >= 4 is 15.9 Å². The van der Waals surface area contributed by atoms with Crippen LogP contribution in [-0.4, -0.2) is 6.54 Å². The molecule has 0 atom stereocenters. The third-order valence-corrected chi connectivity index (χ3v) is 3.60. The maximum Gasteiger partial charge on any atom is 0.140 e. The molecule has 1 fully saturated rings. The minimum absolute atomic E-state index is 0.103. The summed E-state index contributed by atoms with van der Waals surface area (Å²) in [6.45, 7) is 0.452. The Hall–Kier alpha value is -0.480. The molecule has 0 aromatic heterocycles. The monoisotopic (exact) mass is 261 g/mol. The Bertz CT molecular complexity index is 351. The Morgan fingerprint density at radius 3 is 2.14 bits per heavy atom. The lowest BCUT2D eigenvalue weighted by atomic mass is 9.96. The van der Waals surface area contributed by atoms with Gasteiger partial charge in [-0.1, -0.05) is 0 Å². The van der Waals surface area contributed by atoms with Crippen molar-refractivity contribution in [1.82, 2.24) is 0 Å². The van der Waals surface area contributed by atoms with Crippen molar-refractivity contribution in [2.75, 3.05) is 6.54 Å². The first-order valence-corrected chi connectivity index (χ1v) is 5.23. The quantitative estimate of drug-likeness (QED) is 0.815. The van der Waals surface area contributed by atoms with Gasteiger partial charge >= 0.3 is 0 Å². The molecule has 4 heteroatoms. The molecule has 76 valence electrons. The Balaban J connectivity index is 2.46. The van der Waals surface area contributed by atoms with Crippen LogP contribution in [0.3, 0.4) is 0 Å². The molecule has 1 nitrogen and oxygen atoms in total. The van der Waals surface area contributed by atoms with E-state index in [1.54, 1.807) is 0 Å². The summed E-state index contributed by atoms with van der Waals surface area (Å²) in [4.78, 5) is 0. The molecule has 0 radical (unpaired) electrons. The van der Waals surface area contributed by atoms with Gasteiger partial charge in [-0.25, -0.2) is 8.78 Å². The average Bonchev–Trinajstić information content (AvgIpc) is 2.94. The number of halogens is 3. The van der Waals surface area contributed by atoms with Crippen molar-refractivity contribution in [2.45, 2.75) is 18.3 Å². The summed E-state index contributed by atoms with van der Waals surface area (Å²) in [5.74, 6) is -1.11. The second-order valence-corrected chi connectivity index (χ2v) is 4.53. The van der Waals surface area contributed by atoms with Gasteiger partial charge in [0.05, 0.1) is 4.47 Å². The second-order valence-electron chi connectivity index (χ2n) is 3.74. The second kappa shape index (κ2) is 3.28. The van der Waals surface area contributed by atoms with E-state index in [0.717, 1.165) is 12.8 Å². The normalized spacial score (nSPS) is 18.3. The van der Waals surface area contributed by atoms with Crippen LogP contribution in [0, 0.1) is 11.6 Å². The summed E-state index contributed by atoms with van der Waals surface area (Å²) in [5.41, 5.74) is 6.10. The van der Waals surface area contributed by atoms with E-state index in [2.05, 4.69) is 15.9 Å². The van der Waals surface area contributed by atoms with Gasteiger partial charge in [0.1, 0.15) is 11.6 Å². The summed E-state index contributed by atoms with van der Waals surface area (Å²) in [7, 11) is 0. The van der Waals surface area contributed by atoms with Crippen LogP contribution < -0.4 is 5.73 Å². The highest BCUT2D eigenvalue weighted by molar-refractivity contribution is 9.10. The number of hydrogen-bond donors (Lipinski definition) is 1. The Morgan fingerprint density at radius 1 is 1.29 bits per heavy atom.